The molecule has 0 amide bonds. The average Bonchev–Trinajstić information content (AvgIpc) is 2.83. The number of pyridine rings is 1. The van der Waals surface area contributed by atoms with E-state index < -0.39 is 11.9 Å². The van der Waals surface area contributed by atoms with Crippen LogP contribution in [0, 0.1) is 5.95 Å². The van der Waals surface area contributed by atoms with Gasteiger partial charge in [-0.2, -0.15) is 4.39 Å². The number of thiophene rings is 1. The Morgan fingerprint density at radius 3 is 2.94 bits per heavy atom. The quantitative estimate of drug-likeness (QED) is 0.619. The van der Waals surface area contributed by atoms with E-state index in [4.69, 9.17) is 4.74 Å². The highest BCUT2D eigenvalue weighted by molar-refractivity contribution is 7.09. The molecule has 5 heteroatoms. The number of esters is 1. The number of ether oxygens (including phenoxy) is 1. The first-order valence-corrected chi connectivity index (χ1v) is 5.95. The van der Waals surface area contributed by atoms with E-state index in [1.54, 1.807) is 11.3 Å². The summed E-state index contributed by atoms with van der Waals surface area (Å²) in [6, 6.07) is 6.43. The second kappa shape index (κ2) is 5.54. The predicted molar refractivity (Wildman–Crippen MR) is 62.5 cm³/mol. The van der Waals surface area contributed by atoms with Crippen LogP contribution in [0.3, 0.4) is 0 Å². The average molecular weight is 251 g/mol. The standard InChI is InChI=1S/C12H10FNO2S/c13-11-4-3-9(8-14-11)12(15)16-6-5-10-2-1-7-17-10/h1-4,7-8H,5-6H2. The molecule has 2 heterocycles. The van der Waals surface area contributed by atoms with Gasteiger partial charge in [0.15, 0.2) is 0 Å². The van der Waals surface area contributed by atoms with E-state index in [9.17, 15) is 9.18 Å². The smallest absolute Gasteiger partial charge is 0.339 e. The topological polar surface area (TPSA) is 39.2 Å². The van der Waals surface area contributed by atoms with Crippen molar-refractivity contribution in [3.63, 3.8) is 0 Å². The Hall–Kier alpha value is -1.75. The maximum Gasteiger partial charge on any atom is 0.339 e. The highest BCUT2D eigenvalue weighted by Crippen LogP contribution is 2.09. The van der Waals surface area contributed by atoms with Crippen molar-refractivity contribution >= 4 is 17.3 Å². The molecule has 2 aromatic rings. The summed E-state index contributed by atoms with van der Waals surface area (Å²) in [4.78, 5) is 16.1. The van der Waals surface area contributed by atoms with Crippen molar-refractivity contribution in [2.45, 2.75) is 6.42 Å². The molecule has 0 saturated carbocycles. The Balaban J connectivity index is 1.83. The van der Waals surface area contributed by atoms with Gasteiger partial charge in [0.25, 0.3) is 0 Å². The normalized spacial score (nSPS) is 10.2. The van der Waals surface area contributed by atoms with Crippen molar-refractivity contribution in [1.29, 1.82) is 0 Å². The van der Waals surface area contributed by atoms with Crippen molar-refractivity contribution in [2.24, 2.45) is 0 Å². The van der Waals surface area contributed by atoms with Crippen molar-refractivity contribution < 1.29 is 13.9 Å². The number of hydrogen-bond acceptors (Lipinski definition) is 4. The van der Waals surface area contributed by atoms with Crippen LogP contribution in [0.1, 0.15) is 15.2 Å². The molecule has 0 bridgehead atoms. The summed E-state index contributed by atoms with van der Waals surface area (Å²) in [6.07, 6.45) is 1.86. The van der Waals surface area contributed by atoms with Crippen LogP contribution in [-0.2, 0) is 11.2 Å². The van der Waals surface area contributed by atoms with Crippen LogP contribution in [0.5, 0.6) is 0 Å². The van der Waals surface area contributed by atoms with Crippen LogP contribution in [0.2, 0.25) is 0 Å². The summed E-state index contributed by atoms with van der Waals surface area (Å²) >= 11 is 1.62. The summed E-state index contributed by atoms with van der Waals surface area (Å²) in [5.41, 5.74) is 0.262. The van der Waals surface area contributed by atoms with Crippen LogP contribution >= 0.6 is 11.3 Å². The third-order valence-electron chi connectivity index (χ3n) is 2.12. The lowest BCUT2D eigenvalue weighted by Gasteiger charge is -2.03. The molecule has 0 N–H and O–H groups in total. The van der Waals surface area contributed by atoms with Gasteiger partial charge in [-0.3, -0.25) is 0 Å². The third kappa shape index (κ3) is 3.35. The van der Waals surface area contributed by atoms with Crippen molar-refractivity contribution in [1.82, 2.24) is 4.98 Å². The van der Waals surface area contributed by atoms with E-state index in [1.807, 2.05) is 17.5 Å². The third-order valence-corrected chi connectivity index (χ3v) is 3.06. The molecular formula is C12H10FNO2S. The van der Waals surface area contributed by atoms with E-state index in [0.717, 1.165) is 10.9 Å². The van der Waals surface area contributed by atoms with Gasteiger partial charge in [0.1, 0.15) is 0 Å². The number of halogens is 1. The van der Waals surface area contributed by atoms with Gasteiger partial charge >= 0.3 is 5.97 Å². The Kier molecular flexibility index (Phi) is 3.82. The second-order valence-electron chi connectivity index (χ2n) is 3.33. The lowest BCUT2D eigenvalue weighted by atomic mass is 10.3. The Labute approximate surface area is 102 Å². The first-order valence-electron chi connectivity index (χ1n) is 5.07. The van der Waals surface area contributed by atoms with Gasteiger partial charge in [-0.25, -0.2) is 9.78 Å². The number of rotatable bonds is 4. The summed E-state index contributed by atoms with van der Waals surface area (Å²) in [5, 5.41) is 1.97. The molecule has 0 aliphatic carbocycles. The Morgan fingerprint density at radius 2 is 2.29 bits per heavy atom. The second-order valence-corrected chi connectivity index (χ2v) is 4.37. The number of carbonyl (C=O) groups is 1. The van der Waals surface area contributed by atoms with Gasteiger partial charge < -0.3 is 4.74 Å². The highest BCUT2D eigenvalue weighted by atomic mass is 32.1. The van der Waals surface area contributed by atoms with Crippen LogP contribution in [0.4, 0.5) is 4.39 Å². The fourth-order valence-electron chi connectivity index (χ4n) is 1.28. The first-order chi connectivity index (χ1) is 8.25. The fraction of sp³-hybridized carbons (Fsp3) is 0.167. The number of carbonyl (C=O) groups excluding carboxylic acids is 1. The van der Waals surface area contributed by atoms with Crippen molar-refractivity contribution in [3.05, 3.63) is 52.2 Å². The Morgan fingerprint density at radius 1 is 1.41 bits per heavy atom. The zero-order chi connectivity index (χ0) is 12.1. The van der Waals surface area contributed by atoms with Gasteiger partial charge in [-0.15, -0.1) is 11.3 Å². The zero-order valence-corrected chi connectivity index (χ0v) is 9.74. The molecule has 0 unspecified atom stereocenters. The van der Waals surface area contributed by atoms with E-state index in [2.05, 4.69) is 4.98 Å². The van der Waals surface area contributed by atoms with Crippen LogP contribution in [-0.4, -0.2) is 17.6 Å². The zero-order valence-electron chi connectivity index (χ0n) is 8.93. The molecule has 0 atom stereocenters. The molecular weight excluding hydrogens is 241 g/mol. The van der Waals surface area contributed by atoms with Gasteiger partial charge in [0.2, 0.25) is 5.95 Å². The summed E-state index contributed by atoms with van der Waals surface area (Å²) in [5.74, 6) is -1.09. The van der Waals surface area contributed by atoms with E-state index in [1.165, 1.54) is 12.3 Å². The minimum Gasteiger partial charge on any atom is -0.462 e. The molecule has 0 aromatic carbocycles. The lowest BCUT2D eigenvalue weighted by molar-refractivity contribution is 0.0509. The lowest BCUT2D eigenvalue weighted by Crippen LogP contribution is -2.08. The molecule has 3 nitrogen and oxygen atoms in total. The molecule has 0 aliphatic rings. The molecule has 17 heavy (non-hydrogen) atoms. The largest absolute Gasteiger partial charge is 0.462 e. The van der Waals surface area contributed by atoms with Crippen molar-refractivity contribution in [2.75, 3.05) is 6.61 Å². The SMILES string of the molecule is O=C(OCCc1cccs1)c1ccc(F)nc1. The molecule has 88 valence electrons. The van der Waals surface area contributed by atoms with E-state index in [0.29, 0.717) is 13.0 Å². The van der Waals surface area contributed by atoms with Crippen LogP contribution in [0.25, 0.3) is 0 Å². The van der Waals surface area contributed by atoms with Crippen LogP contribution < -0.4 is 0 Å². The van der Waals surface area contributed by atoms with Crippen molar-refractivity contribution in [3.8, 4) is 0 Å². The molecule has 0 saturated heterocycles. The summed E-state index contributed by atoms with van der Waals surface area (Å²) in [7, 11) is 0. The maximum atomic E-state index is 12.5. The summed E-state index contributed by atoms with van der Waals surface area (Å²) in [6.45, 7) is 0.316. The van der Waals surface area contributed by atoms with Crippen LogP contribution in [0.15, 0.2) is 35.8 Å². The molecule has 2 aromatic heterocycles. The number of hydrogen-bond donors (Lipinski definition) is 0. The predicted octanol–water partition coefficient (Wildman–Crippen LogP) is 2.68. The molecule has 0 fully saturated rings. The minimum atomic E-state index is -0.611. The minimum absolute atomic E-state index is 0.262. The summed E-state index contributed by atoms with van der Waals surface area (Å²) < 4.78 is 17.6. The van der Waals surface area contributed by atoms with E-state index in [-0.39, 0.29) is 5.56 Å². The van der Waals surface area contributed by atoms with Gasteiger partial charge in [-0.1, -0.05) is 6.07 Å². The first kappa shape index (κ1) is 11.7. The number of nitrogens with zero attached hydrogens (tertiary/aromatic N) is 1. The highest BCUT2D eigenvalue weighted by Gasteiger charge is 2.07. The molecule has 0 spiro atoms. The van der Waals surface area contributed by atoms with E-state index >= 15 is 0 Å². The molecule has 2 rings (SSSR count). The van der Waals surface area contributed by atoms with Gasteiger partial charge in [0, 0.05) is 17.5 Å². The molecule has 0 aliphatic heterocycles. The fourth-order valence-corrected chi connectivity index (χ4v) is 1.97. The molecule has 0 radical (unpaired) electrons. The van der Waals surface area contributed by atoms with Gasteiger partial charge in [0.05, 0.1) is 12.2 Å². The maximum absolute atomic E-state index is 12.5. The Bertz CT molecular complexity index is 482. The number of aromatic nitrogens is 1. The van der Waals surface area contributed by atoms with Gasteiger partial charge in [-0.05, 0) is 23.6 Å². The monoisotopic (exact) mass is 251 g/mol.